The number of rotatable bonds is 5. The molecule has 1 aliphatic carbocycles. The van der Waals surface area contributed by atoms with Gasteiger partial charge in [-0.2, -0.15) is 5.10 Å². The number of hydrogen-bond acceptors (Lipinski definition) is 5. The van der Waals surface area contributed by atoms with E-state index >= 15 is 0 Å². The standard InChI is InChI=1S/C15H19N3O4/c19-14(10-15(20)7-2-1-3-8-15)17-16-11-12-5-4-6-13(9-12)18(21)22/h4-6,9,11,20H,1-3,7-8,10H2,(H,17,19)/b16-11+. The Balaban J connectivity index is 1.87. The quantitative estimate of drug-likeness (QED) is 0.494. The largest absolute Gasteiger partial charge is 0.389 e. The van der Waals surface area contributed by atoms with Crippen LogP contribution in [0, 0.1) is 10.1 Å². The molecule has 0 unspecified atom stereocenters. The summed E-state index contributed by atoms with van der Waals surface area (Å²) in [6, 6.07) is 5.95. The van der Waals surface area contributed by atoms with Gasteiger partial charge in [0.15, 0.2) is 0 Å². The summed E-state index contributed by atoms with van der Waals surface area (Å²) >= 11 is 0. The van der Waals surface area contributed by atoms with Crippen molar-refractivity contribution in [2.24, 2.45) is 5.10 Å². The molecule has 2 rings (SSSR count). The molecular weight excluding hydrogens is 286 g/mol. The fourth-order valence-corrected chi connectivity index (χ4v) is 2.62. The first kappa shape index (κ1) is 16.1. The summed E-state index contributed by atoms with van der Waals surface area (Å²) in [5.74, 6) is -0.355. The van der Waals surface area contributed by atoms with E-state index in [1.807, 2.05) is 0 Å². The van der Waals surface area contributed by atoms with Crippen LogP contribution in [-0.4, -0.2) is 27.8 Å². The van der Waals surface area contributed by atoms with Crippen LogP contribution < -0.4 is 5.43 Å². The van der Waals surface area contributed by atoms with E-state index in [4.69, 9.17) is 0 Å². The van der Waals surface area contributed by atoms with E-state index in [2.05, 4.69) is 10.5 Å². The normalized spacial score (nSPS) is 17.3. The number of non-ortho nitro benzene ring substituents is 1. The summed E-state index contributed by atoms with van der Waals surface area (Å²) in [6.07, 6.45) is 5.59. The second-order valence-electron chi connectivity index (χ2n) is 5.61. The van der Waals surface area contributed by atoms with Crippen molar-refractivity contribution in [3.05, 3.63) is 39.9 Å². The number of nitro groups is 1. The highest BCUT2D eigenvalue weighted by Gasteiger charge is 2.31. The molecule has 0 atom stereocenters. The second-order valence-corrected chi connectivity index (χ2v) is 5.61. The third-order valence-corrected chi connectivity index (χ3v) is 3.76. The first-order chi connectivity index (χ1) is 10.5. The molecule has 118 valence electrons. The lowest BCUT2D eigenvalue weighted by molar-refractivity contribution is -0.384. The molecule has 0 spiro atoms. The summed E-state index contributed by atoms with van der Waals surface area (Å²) in [5.41, 5.74) is 1.91. The van der Waals surface area contributed by atoms with E-state index in [1.54, 1.807) is 12.1 Å². The summed E-state index contributed by atoms with van der Waals surface area (Å²) in [7, 11) is 0. The van der Waals surface area contributed by atoms with Crippen LogP contribution in [0.2, 0.25) is 0 Å². The van der Waals surface area contributed by atoms with Crippen LogP contribution >= 0.6 is 0 Å². The van der Waals surface area contributed by atoms with Crippen LogP contribution in [0.4, 0.5) is 5.69 Å². The van der Waals surface area contributed by atoms with Crippen molar-refractivity contribution in [1.82, 2.24) is 5.43 Å². The molecule has 1 aromatic carbocycles. The van der Waals surface area contributed by atoms with Gasteiger partial charge in [0.25, 0.3) is 5.69 Å². The summed E-state index contributed by atoms with van der Waals surface area (Å²) in [4.78, 5) is 22.0. The Morgan fingerprint density at radius 1 is 1.41 bits per heavy atom. The van der Waals surface area contributed by atoms with Gasteiger partial charge in [-0.15, -0.1) is 0 Å². The number of nitrogens with zero attached hydrogens (tertiary/aromatic N) is 2. The molecule has 1 amide bonds. The van der Waals surface area contributed by atoms with E-state index in [1.165, 1.54) is 18.3 Å². The van der Waals surface area contributed by atoms with E-state index in [-0.39, 0.29) is 18.0 Å². The monoisotopic (exact) mass is 305 g/mol. The average Bonchev–Trinajstić information content (AvgIpc) is 2.47. The highest BCUT2D eigenvalue weighted by Crippen LogP contribution is 2.30. The summed E-state index contributed by atoms with van der Waals surface area (Å²) in [6.45, 7) is 0. The third-order valence-electron chi connectivity index (χ3n) is 3.76. The van der Waals surface area contributed by atoms with Gasteiger partial charge in [0, 0.05) is 17.7 Å². The van der Waals surface area contributed by atoms with Crippen LogP contribution in [0.1, 0.15) is 44.1 Å². The topological polar surface area (TPSA) is 105 Å². The molecule has 1 aliphatic rings. The van der Waals surface area contributed by atoms with Gasteiger partial charge in [0.1, 0.15) is 0 Å². The van der Waals surface area contributed by atoms with Crippen LogP contribution in [0.5, 0.6) is 0 Å². The number of nitrogens with one attached hydrogen (secondary N) is 1. The Morgan fingerprint density at radius 2 is 2.14 bits per heavy atom. The molecule has 7 heteroatoms. The first-order valence-corrected chi connectivity index (χ1v) is 7.27. The Hall–Kier alpha value is -2.28. The van der Waals surface area contributed by atoms with Crippen molar-refractivity contribution in [1.29, 1.82) is 0 Å². The van der Waals surface area contributed by atoms with Crippen molar-refractivity contribution in [3.63, 3.8) is 0 Å². The molecule has 1 saturated carbocycles. The van der Waals surface area contributed by atoms with E-state index in [0.717, 1.165) is 19.3 Å². The zero-order valence-electron chi connectivity index (χ0n) is 12.2. The van der Waals surface area contributed by atoms with Crippen molar-refractivity contribution >= 4 is 17.8 Å². The van der Waals surface area contributed by atoms with E-state index < -0.39 is 10.5 Å². The van der Waals surface area contributed by atoms with Gasteiger partial charge in [-0.05, 0) is 12.8 Å². The minimum Gasteiger partial charge on any atom is -0.389 e. The third kappa shape index (κ3) is 4.63. The van der Waals surface area contributed by atoms with Gasteiger partial charge in [0.05, 0.1) is 23.2 Å². The number of benzene rings is 1. The van der Waals surface area contributed by atoms with Gasteiger partial charge in [-0.25, -0.2) is 5.43 Å². The Bertz CT molecular complexity index is 580. The zero-order valence-corrected chi connectivity index (χ0v) is 12.2. The number of amides is 1. The molecule has 2 N–H and O–H groups in total. The number of carbonyl (C=O) groups is 1. The fourth-order valence-electron chi connectivity index (χ4n) is 2.62. The number of hydrogen-bond donors (Lipinski definition) is 2. The predicted molar refractivity (Wildman–Crippen MR) is 81.5 cm³/mol. The highest BCUT2D eigenvalue weighted by molar-refractivity contribution is 5.83. The Morgan fingerprint density at radius 3 is 2.82 bits per heavy atom. The minimum absolute atomic E-state index is 0.0271. The van der Waals surface area contributed by atoms with Gasteiger partial charge in [0.2, 0.25) is 5.91 Å². The molecule has 0 saturated heterocycles. The van der Waals surface area contributed by atoms with Crippen LogP contribution in [0.15, 0.2) is 29.4 Å². The first-order valence-electron chi connectivity index (χ1n) is 7.27. The minimum atomic E-state index is -0.927. The molecule has 0 aromatic heterocycles. The lowest BCUT2D eigenvalue weighted by Gasteiger charge is -2.30. The van der Waals surface area contributed by atoms with Crippen LogP contribution in [0.3, 0.4) is 0 Å². The van der Waals surface area contributed by atoms with Crippen molar-refractivity contribution < 1.29 is 14.8 Å². The smallest absolute Gasteiger partial charge is 0.270 e. The maximum absolute atomic E-state index is 11.8. The van der Waals surface area contributed by atoms with Crippen LogP contribution in [0.25, 0.3) is 0 Å². The molecule has 22 heavy (non-hydrogen) atoms. The molecule has 0 radical (unpaired) electrons. The maximum atomic E-state index is 11.8. The lowest BCUT2D eigenvalue weighted by atomic mass is 9.82. The Kier molecular flexibility index (Phi) is 5.21. The average molecular weight is 305 g/mol. The SMILES string of the molecule is O=C(CC1(O)CCCCC1)N/N=C/c1cccc([N+](=O)[O-])c1. The second kappa shape index (κ2) is 7.13. The molecule has 7 nitrogen and oxygen atoms in total. The molecule has 1 fully saturated rings. The van der Waals surface area contributed by atoms with Gasteiger partial charge >= 0.3 is 0 Å². The summed E-state index contributed by atoms with van der Waals surface area (Å²) in [5, 5.41) is 24.7. The lowest BCUT2D eigenvalue weighted by Crippen LogP contribution is -2.37. The van der Waals surface area contributed by atoms with Gasteiger partial charge in [-0.1, -0.05) is 31.4 Å². The van der Waals surface area contributed by atoms with Gasteiger partial charge in [-0.3, -0.25) is 14.9 Å². The van der Waals surface area contributed by atoms with E-state index in [9.17, 15) is 20.0 Å². The number of hydrazone groups is 1. The zero-order chi connectivity index (χ0) is 16.0. The highest BCUT2D eigenvalue weighted by atomic mass is 16.6. The van der Waals surface area contributed by atoms with Crippen molar-refractivity contribution in [3.8, 4) is 0 Å². The number of aliphatic hydroxyl groups is 1. The molecule has 1 aromatic rings. The van der Waals surface area contributed by atoms with Crippen molar-refractivity contribution in [2.75, 3.05) is 0 Å². The predicted octanol–water partition coefficient (Wildman–Crippen LogP) is 2.13. The fraction of sp³-hybridized carbons (Fsp3) is 0.467. The van der Waals surface area contributed by atoms with E-state index in [0.29, 0.717) is 18.4 Å². The molecular formula is C15H19N3O4. The van der Waals surface area contributed by atoms with Crippen LogP contribution in [-0.2, 0) is 4.79 Å². The van der Waals surface area contributed by atoms with Crippen molar-refractivity contribution in [2.45, 2.75) is 44.1 Å². The van der Waals surface area contributed by atoms with Gasteiger partial charge < -0.3 is 5.11 Å². The summed E-state index contributed by atoms with van der Waals surface area (Å²) < 4.78 is 0. The molecule has 0 bridgehead atoms. The number of carbonyl (C=O) groups excluding carboxylic acids is 1. The maximum Gasteiger partial charge on any atom is 0.270 e. The number of nitro benzene ring substituents is 1. The molecule has 0 aliphatic heterocycles. The molecule has 0 heterocycles. The Labute approximate surface area is 128 Å².